The van der Waals surface area contributed by atoms with Gasteiger partial charge in [0, 0.05) is 18.3 Å². The van der Waals surface area contributed by atoms with E-state index in [0.717, 1.165) is 11.1 Å². The summed E-state index contributed by atoms with van der Waals surface area (Å²) in [5, 5.41) is 5.56. The van der Waals surface area contributed by atoms with Gasteiger partial charge in [-0.05, 0) is 54.9 Å². The van der Waals surface area contributed by atoms with Crippen LogP contribution in [-0.2, 0) is 25.7 Å². The molecule has 0 aromatic heterocycles. The molecular weight excluding hydrogens is 413 g/mol. The molecule has 0 aliphatic carbocycles. The van der Waals surface area contributed by atoms with E-state index in [2.05, 4.69) is 10.6 Å². The first kappa shape index (κ1) is 24.7. The number of rotatable bonds is 11. The van der Waals surface area contributed by atoms with Gasteiger partial charge in [0.25, 0.3) is 0 Å². The largest absolute Gasteiger partial charge is 0.463 e. The molecule has 2 amide bonds. The Morgan fingerprint density at radius 3 is 2.25 bits per heavy atom. The number of carbonyl (C=O) groups excluding carboxylic acids is 3. The van der Waals surface area contributed by atoms with Crippen molar-refractivity contribution in [1.82, 2.24) is 10.2 Å². The number of likely N-dealkylation sites (N-methyl/N-ethyl adjacent to an activating group) is 1. The molecular formula is C24H28FN3O4. The Hall–Kier alpha value is -3.52. The Morgan fingerprint density at radius 1 is 0.969 bits per heavy atom. The van der Waals surface area contributed by atoms with Gasteiger partial charge in [0.2, 0.25) is 11.8 Å². The van der Waals surface area contributed by atoms with E-state index in [4.69, 9.17) is 4.74 Å². The number of hydrogen-bond donors (Lipinski definition) is 2. The zero-order chi connectivity index (χ0) is 23.3. The normalized spacial score (nSPS) is 10.9. The van der Waals surface area contributed by atoms with Crippen molar-refractivity contribution in [3.63, 3.8) is 0 Å². The lowest BCUT2D eigenvalue weighted by atomic mass is 10.2. The highest BCUT2D eigenvalue weighted by atomic mass is 19.1. The first-order valence-corrected chi connectivity index (χ1v) is 10.4. The summed E-state index contributed by atoms with van der Waals surface area (Å²) >= 11 is 0. The zero-order valence-corrected chi connectivity index (χ0v) is 18.3. The predicted molar refractivity (Wildman–Crippen MR) is 121 cm³/mol. The second-order valence-electron chi connectivity index (χ2n) is 6.96. The van der Waals surface area contributed by atoms with Crippen LogP contribution in [0.4, 0.5) is 10.1 Å². The smallest absolute Gasteiger partial charge is 0.330 e. The Balaban J connectivity index is 1.79. The number of nitrogens with zero attached hydrogens (tertiary/aromatic N) is 1. The highest BCUT2D eigenvalue weighted by Crippen LogP contribution is 2.11. The lowest BCUT2D eigenvalue weighted by Crippen LogP contribution is -2.40. The molecule has 0 aliphatic heterocycles. The second kappa shape index (κ2) is 13.0. The average Bonchev–Trinajstić information content (AvgIpc) is 2.78. The molecule has 0 unspecified atom stereocenters. The van der Waals surface area contributed by atoms with Crippen LogP contribution in [0.3, 0.4) is 0 Å². The van der Waals surface area contributed by atoms with Gasteiger partial charge in [0.15, 0.2) is 0 Å². The van der Waals surface area contributed by atoms with Crippen LogP contribution in [0, 0.1) is 5.82 Å². The molecule has 0 bridgehead atoms. The number of esters is 1. The quantitative estimate of drug-likeness (QED) is 0.414. The van der Waals surface area contributed by atoms with Gasteiger partial charge in [0.1, 0.15) is 5.82 Å². The molecule has 0 spiro atoms. The van der Waals surface area contributed by atoms with Crippen molar-refractivity contribution >= 4 is 29.5 Å². The molecule has 0 saturated carbocycles. The minimum Gasteiger partial charge on any atom is -0.463 e. The topological polar surface area (TPSA) is 87.7 Å². The van der Waals surface area contributed by atoms with Gasteiger partial charge >= 0.3 is 5.97 Å². The van der Waals surface area contributed by atoms with Gasteiger partial charge in [-0.3, -0.25) is 14.5 Å². The summed E-state index contributed by atoms with van der Waals surface area (Å²) in [4.78, 5) is 37.6. The van der Waals surface area contributed by atoms with Crippen LogP contribution in [-0.4, -0.2) is 48.9 Å². The van der Waals surface area contributed by atoms with E-state index in [-0.39, 0.29) is 30.7 Å². The third-order valence-electron chi connectivity index (χ3n) is 4.48. The van der Waals surface area contributed by atoms with Crippen LogP contribution in [0.1, 0.15) is 25.0 Å². The molecule has 2 N–H and O–H groups in total. The first-order chi connectivity index (χ1) is 15.4. The minimum atomic E-state index is -0.411. The first-order valence-electron chi connectivity index (χ1n) is 10.4. The highest BCUT2D eigenvalue weighted by molar-refractivity contribution is 5.93. The van der Waals surface area contributed by atoms with Crippen molar-refractivity contribution in [2.24, 2.45) is 0 Å². The second-order valence-corrected chi connectivity index (χ2v) is 6.96. The lowest BCUT2D eigenvalue weighted by molar-refractivity contribution is -0.137. The molecule has 0 atom stereocenters. The van der Waals surface area contributed by atoms with E-state index in [1.807, 2.05) is 6.92 Å². The molecule has 32 heavy (non-hydrogen) atoms. The third-order valence-corrected chi connectivity index (χ3v) is 4.48. The molecule has 8 heteroatoms. The lowest BCUT2D eigenvalue weighted by Gasteiger charge is -2.19. The molecule has 0 heterocycles. The Labute approximate surface area is 187 Å². The molecule has 2 rings (SSSR count). The molecule has 0 saturated heterocycles. The van der Waals surface area contributed by atoms with Gasteiger partial charge in [-0.15, -0.1) is 0 Å². The average molecular weight is 442 g/mol. The minimum absolute atomic E-state index is 0.0605. The summed E-state index contributed by atoms with van der Waals surface area (Å²) in [6.07, 6.45) is 2.98. The van der Waals surface area contributed by atoms with E-state index in [1.54, 1.807) is 54.3 Å². The summed E-state index contributed by atoms with van der Waals surface area (Å²) in [7, 11) is 0. The zero-order valence-electron chi connectivity index (χ0n) is 18.3. The maximum Gasteiger partial charge on any atom is 0.330 e. The van der Waals surface area contributed by atoms with E-state index < -0.39 is 5.97 Å². The van der Waals surface area contributed by atoms with Crippen molar-refractivity contribution < 1.29 is 23.5 Å². The number of amides is 2. The fourth-order valence-electron chi connectivity index (χ4n) is 2.78. The summed E-state index contributed by atoms with van der Waals surface area (Å²) in [5.74, 6) is -1.20. The van der Waals surface area contributed by atoms with Crippen LogP contribution in [0.25, 0.3) is 6.08 Å². The summed E-state index contributed by atoms with van der Waals surface area (Å²) in [5.41, 5.74) is 2.20. The van der Waals surface area contributed by atoms with Crippen molar-refractivity contribution in [1.29, 1.82) is 0 Å². The van der Waals surface area contributed by atoms with E-state index in [9.17, 15) is 18.8 Å². The van der Waals surface area contributed by atoms with Gasteiger partial charge in [-0.25, -0.2) is 9.18 Å². The number of anilines is 1. The van der Waals surface area contributed by atoms with Crippen LogP contribution in [0.2, 0.25) is 0 Å². The van der Waals surface area contributed by atoms with Crippen LogP contribution in [0.15, 0.2) is 54.6 Å². The molecule has 0 radical (unpaired) electrons. The monoisotopic (exact) mass is 441 g/mol. The van der Waals surface area contributed by atoms with E-state index >= 15 is 0 Å². The molecule has 0 fully saturated rings. The van der Waals surface area contributed by atoms with Crippen LogP contribution >= 0.6 is 0 Å². The van der Waals surface area contributed by atoms with Crippen molar-refractivity contribution in [3.8, 4) is 0 Å². The molecule has 2 aromatic rings. The van der Waals surface area contributed by atoms with Gasteiger partial charge < -0.3 is 15.4 Å². The maximum absolute atomic E-state index is 12.9. The van der Waals surface area contributed by atoms with E-state index in [1.165, 1.54) is 18.2 Å². The Bertz CT molecular complexity index is 927. The van der Waals surface area contributed by atoms with Crippen LogP contribution in [0.5, 0.6) is 0 Å². The number of ether oxygens (including phenoxy) is 1. The maximum atomic E-state index is 12.9. The fourth-order valence-corrected chi connectivity index (χ4v) is 2.78. The number of hydrogen-bond acceptors (Lipinski definition) is 5. The van der Waals surface area contributed by atoms with Crippen molar-refractivity contribution in [2.45, 2.75) is 20.4 Å². The van der Waals surface area contributed by atoms with Gasteiger partial charge in [-0.2, -0.15) is 0 Å². The summed E-state index contributed by atoms with van der Waals surface area (Å²) in [6.45, 7) is 4.87. The highest BCUT2D eigenvalue weighted by Gasteiger charge is 2.13. The fraction of sp³-hybridized carbons (Fsp3) is 0.292. The number of halogens is 1. The SMILES string of the molecule is CCOC(=O)C=Cc1ccc(NC(=O)CN(CC)CC(=O)NCc2ccc(F)cc2)cc1. The third kappa shape index (κ3) is 9.09. The Kier molecular flexibility index (Phi) is 10.1. The van der Waals surface area contributed by atoms with Gasteiger partial charge in [0.05, 0.1) is 19.7 Å². The standard InChI is InChI=1S/C24H28FN3O4/c1-3-28(16-22(29)26-15-19-5-10-20(25)11-6-19)17-23(30)27-21-12-7-18(8-13-21)9-14-24(31)32-4-2/h5-14H,3-4,15-17H2,1-2H3,(H,26,29)(H,27,30). The van der Waals surface area contributed by atoms with Crippen LogP contribution < -0.4 is 10.6 Å². The predicted octanol–water partition coefficient (Wildman–Crippen LogP) is 2.98. The molecule has 170 valence electrons. The summed E-state index contributed by atoms with van der Waals surface area (Å²) < 4.78 is 17.8. The van der Waals surface area contributed by atoms with Crippen molar-refractivity contribution in [2.75, 3.05) is 31.6 Å². The summed E-state index contributed by atoms with van der Waals surface area (Å²) in [6, 6.07) is 12.9. The molecule has 2 aromatic carbocycles. The molecule has 0 aliphatic rings. The van der Waals surface area contributed by atoms with Gasteiger partial charge in [-0.1, -0.05) is 31.2 Å². The van der Waals surface area contributed by atoms with E-state index in [0.29, 0.717) is 25.4 Å². The number of benzene rings is 2. The molecule has 7 nitrogen and oxygen atoms in total. The number of carbonyl (C=O) groups is 3. The number of nitrogens with one attached hydrogen (secondary N) is 2. The van der Waals surface area contributed by atoms with Crippen molar-refractivity contribution in [3.05, 3.63) is 71.6 Å². The Morgan fingerprint density at radius 2 is 1.62 bits per heavy atom.